The fraction of sp³-hybridized carbons (Fsp3) is 0.500. The van der Waals surface area contributed by atoms with E-state index in [1.54, 1.807) is 14.2 Å². The molecule has 0 bridgehead atoms. The zero-order valence-corrected chi connectivity index (χ0v) is 11.2. The fourth-order valence-electron chi connectivity index (χ4n) is 2.53. The third kappa shape index (κ3) is 2.20. The number of amides is 1. The first-order valence-corrected chi connectivity index (χ1v) is 6.55. The topological polar surface area (TPSA) is 50.8 Å². The third-order valence-electron chi connectivity index (χ3n) is 3.65. The van der Waals surface area contributed by atoms with Gasteiger partial charge in [-0.25, -0.2) is 0 Å². The molecular weight excluding hydrogens is 244 g/mol. The van der Waals surface area contributed by atoms with Gasteiger partial charge >= 0.3 is 0 Å². The van der Waals surface area contributed by atoms with Gasteiger partial charge in [0.15, 0.2) is 11.5 Å². The smallest absolute Gasteiger partial charge is 0.226 e. The lowest BCUT2D eigenvalue weighted by Gasteiger charge is -2.25. The number of benzene rings is 1. The van der Waals surface area contributed by atoms with E-state index in [2.05, 4.69) is 10.2 Å². The summed E-state index contributed by atoms with van der Waals surface area (Å²) < 4.78 is 10.6. The van der Waals surface area contributed by atoms with Crippen LogP contribution < -0.4 is 19.7 Å². The quantitative estimate of drug-likeness (QED) is 0.905. The molecule has 1 aliphatic heterocycles. The number of nitrogens with zero attached hydrogens (tertiary/aromatic N) is 1. The number of hydrogen-bond acceptors (Lipinski definition) is 4. The third-order valence-corrected chi connectivity index (χ3v) is 3.65. The number of carbonyl (C=O) groups is 1. The number of nitrogens with one attached hydrogen (secondary N) is 1. The Morgan fingerprint density at radius 3 is 2.53 bits per heavy atom. The summed E-state index contributed by atoms with van der Waals surface area (Å²) in [6.07, 6.45) is 2.92. The van der Waals surface area contributed by atoms with Crippen molar-refractivity contribution in [3.8, 4) is 11.5 Å². The number of anilines is 2. The molecule has 0 saturated heterocycles. The van der Waals surface area contributed by atoms with Gasteiger partial charge < -0.3 is 19.7 Å². The molecular formula is C14H18N2O3. The molecule has 0 atom stereocenters. The van der Waals surface area contributed by atoms with Crippen LogP contribution in [0.25, 0.3) is 0 Å². The zero-order chi connectivity index (χ0) is 13.4. The Balaban J connectivity index is 2.07. The molecule has 1 N–H and O–H groups in total. The molecule has 3 rings (SSSR count). The van der Waals surface area contributed by atoms with E-state index in [0.29, 0.717) is 24.0 Å². The lowest BCUT2D eigenvalue weighted by Crippen LogP contribution is -2.26. The SMILES string of the molecule is COc1cc2c(cc1OC)N(C1CC1)CCC(=O)N2. The number of hydrogen-bond donors (Lipinski definition) is 1. The minimum absolute atomic E-state index is 0.0524. The number of fused-ring (bicyclic) bond motifs is 1. The average molecular weight is 262 g/mol. The summed E-state index contributed by atoms with van der Waals surface area (Å²) in [6, 6.07) is 4.36. The maximum atomic E-state index is 11.8. The van der Waals surface area contributed by atoms with E-state index in [1.807, 2.05) is 12.1 Å². The highest BCUT2D eigenvalue weighted by Crippen LogP contribution is 2.43. The van der Waals surface area contributed by atoms with Crippen molar-refractivity contribution >= 4 is 17.3 Å². The van der Waals surface area contributed by atoms with E-state index in [1.165, 1.54) is 12.8 Å². The molecule has 1 aromatic carbocycles. The first-order valence-electron chi connectivity index (χ1n) is 6.55. The van der Waals surface area contributed by atoms with Crippen LogP contribution >= 0.6 is 0 Å². The average Bonchev–Trinajstić information content (AvgIpc) is 3.23. The van der Waals surface area contributed by atoms with E-state index in [-0.39, 0.29) is 5.91 Å². The summed E-state index contributed by atoms with van der Waals surface area (Å²) in [5.74, 6) is 1.39. The van der Waals surface area contributed by atoms with E-state index in [0.717, 1.165) is 17.9 Å². The first kappa shape index (κ1) is 12.1. The van der Waals surface area contributed by atoms with Gasteiger partial charge in [0.2, 0.25) is 5.91 Å². The van der Waals surface area contributed by atoms with Crippen molar-refractivity contribution in [1.82, 2.24) is 0 Å². The van der Waals surface area contributed by atoms with Crippen LogP contribution in [0.5, 0.6) is 11.5 Å². The van der Waals surface area contributed by atoms with Gasteiger partial charge in [0.05, 0.1) is 25.6 Å². The molecule has 1 fully saturated rings. The van der Waals surface area contributed by atoms with Gasteiger partial charge in [-0.15, -0.1) is 0 Å². The van der Waals surface area contributed by atoms with Crippen molar-refractivity contribution in [3.05, 3.63) is 12.1 Å². The summed E-state index contributed by atoms with van der Waals surface area (Å²) in [6.45, 7) is 0.763. The first-order chi connectivity index (χ1) is 9.22. The maximum absolute atomic E-state index is 11.8. The highest BCUT2D eigenvalue weighted by molar-refractivity contribution is 5.97. The van der Waals surface area contributed by atoms with Crippen molar-refractivity contribution in [2.75, 3.05) is 31.0 Å². The monoisotopic (exact) mass is 262 g/mol. The number of ether oxygens (including phenoxy) is 2. The molecule has 0 radical (unpaired) electrons. The van der Waals surface area contributed by atoms with Crippen LogP contribution in [-0.4, -0.2) is 32.7 Å². The second-order valence-corrected chi connectivity index (χ2v) is 4.95. The standard InChI is InChI=1S/C14H18N2O3/c1-18-12-7-10-11(8-13(12)19-2)16(9-3-4-9)6-5-14(17)15-10/h7-9H,3-6H2,1-2H3,(H,15,17). The van der Waals surface area contributed by atoms with Gasteiger partial charge in [-0.3, -0.25) is 4.79 Å². The largest absolute Gasteiger partial charge is 0.493 e. The van der Waals surface area contributed by atoms with Gasteiger partial charge in [0.25, 0.3) is 0 Å². The van der Waals surface area contributed by atoms with Crippen LogP contribution in [-0.2, 0) is 4.79 Å². The van der Waals surface area contributed by atoms with Crippen molar-refractivity contribution < 1.29 is 14.3 Å². The molecule has 1 amide bonds. The van der Waals surface area contributed by atoms with E-state index in [4.69, 9.17) is 9.47 Å². The Morgan fingerprint density at radius 2 is 1.89 bits per heavy atom. The second-order valence-electron chi connectivity index (χ2n) is 4.95. The molecule has 2 aliphatic rings. The van der Waals surface area contributed by atoms with E-state index < -0.39 is 0 Å². The number of methoxy groups -OCH3 is 2. The molecule has 102 valence electrons. The van der Waals surface area contributed by atoms with Crippen LogP contribution in [0.1, 0.15) is 19.3 Å². The van der Waals surface area contributed by atoms with Gasteiger partial charge in [-0.05, 0) is 12.8 Å². The predicted octanol–water partition coefficient (Wildman–Crippen LogP) is 2.01. The Kier molecular flexibility index (Phi) is 2.97. The summed E-state index contributed by atoms with van der Waals surface area (Å²) in [5, 5.41) is 2.94. The molecule has 0 aromatic heterocycles. The van der Waals surface area contributed by atoms with Crippen LogP contribution in [0.4, 0.5) is 11.4 Å². The Hall–Kier alpha value is -1.91. The lowest BCUT2D eigenvalue weighted by atomic mass is 10.2. The highest BCUT2D eigenvalue weighted by Gasteiger charge is 2.33. The van der Waals surface area contributed by atoms with Crippen LogP contribution in [0.3, 0.4) is 0 Å². The lowest BCUT2D eigenvalue weighted by molar-refractivity contribution is -0.115. The van der Waals surface area contributed by atoms with Crippen molar-refractivity contribution in [1.29, 1.82) is 0 Å². The highest BCUT2D eigenvalue weighted by atomic mass is 16.5. The molecule has 0 unspecified atom stereocenters. The predicted molar refractivity (Wildman–Crippen MR) is 73.2 cm³/mol. The minimum Gasteiger partial charge on any atom is -0.493 e. The normalized spacial score (nSPS) is 18.4. The molecule has 1 heterocycles. The number of rotatable bonds is 3. The van der Waals surface area contributed by atoms with E-state index >= 15 is 0 Å². The fourth-order valence-corrected chi connectivity index (χ4v) is 2.53. The summed E-state index contributed by atoms with van der Waals surface area (Å²) in [4.78, 5) is 14.1. The van der Waals surface area contributed by atoms with Gasteiger partial charge in [0, 0.05) is 31.1 Å². The van der Waals surface area contributed by atoms with Crippen LogP contribution in [0, 0.1) is 0 Å². The summed E-state index contributed by atoms with van der Waals surface area (Å²) >= 11 is 0. The van der Waals surface area contributed by atoms with Crippen molar-refractivity contribution in [2.45, 2.75) is 25.3 Å². The van der Waals surface area contributed by atoms with Gasteiger partial charge in [-0.2, -0.15) is 0 Å². The molecule has 0 spiro atoms. The molecule has 19 heavy (non-hydrogen) atoms. The molecule has 1 saturated carbocycles. The Morgan fingerprint density at radius 1 is 1.21 bits per heavy atom. The molecule has 5 heteroatoms. The van der Waals surface area contributed by atoms with E-state index in [9.17, 15) is 4.79 Å². The molecule has 1 aromatic rings. The molecule has 5 nitrogen and oxygen atoms in total. The van der Waals surface area contributed by atoms with Crippen LogP contribution in [0.2, 0.25) is 0 Å². The Bertz CT molecular complexity index is 512. The zero-order valence-electron chi connectivity index (χ0n) is 11.2. The van der Waals surface area contributed by atoms with Gasteiger partial charge in [0.1, 0.15) is 0 Å². The molecule has 1 aliphatic carbocycles. The number of carbonyl (C=O) groups excluding carboxylic acids is 1. The van der Waals surface area contributed by atoms with Gasteiger partial charge in [-0.1, -0.05) is 0 Å². The van der Waals surface area contributed by atoms with Crippen molar-refractivity contribution in [2.24, 2.45) is 0 Å². The summed E-state index contributed by atoms with van der Waals surface area (Å²) in [7, 11) is 3.22. The van der Waals surface area contributed by atoms with Crippen molar-refractivity contribution in [3.63, 3.8) is 0 Å². The maximum Gasteiger partial charge on any atom is 0.226 e. The summed E-state index contributed by atoms with van der Waals surface area (Å²) in [5.41, 5.74) is 1.85. The Labute approximate surface area is 112 Å². The second kappa shape index (κ2) is 4.64. The minimum atomic E-state index is 0.0524. The van der Waals surface area contributed by atoms with Crippen LogP contribution in [0.15, 0.2) is 12.1 Å².